The zero-order valence-corrected chi connectivity index (χ0v) is 16.2. The number of fused-ring (bicyclic) bond motifs is 1. The summed E-state index contributed by atoms with van der Waals surface area (Å²) in [6, 6.07) is 5.91. The highest BCUT2D eigenvalue weighted by Gasteiger charge is 2.36. The summed E-state index contributed by atoms with van der Waals surface area (Å²) in [4.78, 5) is 4.89. The molecule has 3 nitrogen and oxygen atoms in total. The van der Waals surface area contributed by atoms with Crippen molar-refractivity contribution in [1.82, 2.24) is 4.98 Å². The van der Waals surface area contributed by atoms with Crippen LogP contribution in [0.4, 0.5) is 4.39 Å². The molecule has 3 rings (SSSR count). The summed E-state index contributed by atoms with van der Waals surface area (Å²) in [5, 5.41) is 21.8. The second-order valence-electron chi connectivity index (χ2n) is 8.57. The fourth-order valence-corrected chi connectivity index (χ4v) is 4.14. The second-order valence-corrected chi connectivity index (χ2v) is 8.57. The molecule has 1 aliphatic carbocycles. The van der Waals surface area contributed by atoms with E-state index in [9.17, 15) is 14.6 Å². The molecule has 1 aliphatic rings. The molecule has 0 spiro atoms. The van der Waals surface area contributed by atoms with Crippen molar-refractivity contribution < 1.29 is 14.6 Å². The first-order chi connectivity index (χ1) is 12.1. The van der Waals surface area contributed by atoms with Crippen LogP contribution in [0.15, 0.2) is 24.3 Å². The van der Waals surface area contributed by atoms with Gasteiger partial charge in [0.15, 0.2) is 0 Å². The largest absolute Gasteiger partial charge is 0.388 e. The van der Waals surface area contributed by atoms with E-state index < -0.39 is 12.2 Å². The van der Waals surface area contributed by atoms with Crippen molar-refractivity contribution in [2.45, 2.75) is 65.6 Å². The van der Waals surface area contributed by atoms with Crippen LogP contribution < -0.4 is 0 Å². The number of nitrogens with zero attached hydrogens (tertiary/aromatic N) is 1. The lowest BCUT2D eigenvalue weighted by Crippen LogP contribution is -2.29. The summed E-state index contributed by atoms with van der Waals surface area (Å²) < 4.78 is 13.3. The molecule has 1 aromatic carbocycles. The third-order valence-electron chi connectivity index (χ3n) is 5.38. The molecule has 1 unspecified atom stereocenters. The zero-order valence-electron chi connectivity index (χ0n) is 16.2. The molecule has 2 aromatic rings. The molecule has 0 fully saturated rings. The Bertz CT molecular complexity index is 812. The monoisotopic (exact) mass is 357 g/mol. The molecule has 0 aliphatic heterocycles. The number of hydrogen-bond acceptors (Lipinski definition) is 3. The van der Waals surface area contributed by atoms with Crippen LogP contribution >= 0.6 is 0 Å². The van der Waals surface area contributed by atoms with Gasteiger partial charge in [0.05, 0.1) is 6.10 Å². The lowest BCUT2D eigenvalue weighted by Gasteiger charge is -2.36. The molecule has 0 radical (unpaired) electrons. The van der Waals surface area contributed by atoms with Gasteiger partial charge in [-0.1, -0.05) is 39.8 Å². The van der Waals surface area contributed by atoms with Gasteiger partial charge >= 0.3 is 0 Å². The summed E-state index contributed by atoms with van der Waals surface area (Å²) in [7, 11) is 0. The molecular weight excluding hydrogens is 329 g/mol. The highest BCUT2D eigenvalue weighted by atomic mass is 19.1. The Morgan fingerprint density at radius 2 is 1.81 bits per heavy atom. The minimum Gasteiger partial charge on any atom is -0.388 e. The summed E-state index contributed by atoms with van der Waals surface area (Å²) in [5.41, 5.74) is 4.90. The normalized spacial score (nSPS) is 20.1. The predicted molar refractivity (Wildman–Crippen MR) is 101 cm³/mol. The van der Waals surface area contributed by atoms with Gasteiger partial charge in [0.1, 0.15) is 11.9 Å². The Kier molecular flexibility index (Phi) is 4.93. The predicted octanol–water partition coefficient (Wildman–Crippen LogP) is 4.74. The van der Waals surface area contributed by atoms with Crippen LogP contribution in [0, 0.1) is 18.2 Å². The van der Waals surface area contributed by atoms with Crippen molar-refractivity contribution in [1.29, 1.82) is 0 Å². The third kappa shape index (κ3) is 3.40. The van der Waals surface area contributed by atoms with Crippen molar-refractivity contribution in [3.05, 3.63) is 63.7 Å². The van der Waals surface area contributed by atoms with Gasteiger partial charge in [-0.3, -0.25) is 4.98 Å². The van der Waals surface area contributed by atoms with Crippen LogP contribution in [0.1, 0.15) is 85.9 Å². The summed E-state index contributed by atoms with van der Waals surface area (Å²) >= 11 is 0. The van der Waals surface area contributed by atoms with E-state index in [1.807, 2.05) is 6.92 Å². The standard InChI is InChI=1S/C22H28FNO2/c1-12(2)20-19(21(26)14-6-8-15(23)9-7-14)13(3)18-16(24-20)10-22(4,5)11-17(18)25/h6-9,12,17,21,25-26H,10-11H2,1-5H3/t17?,21-/m0/s1. The van der Waals surface area contributed by atoms with Crippen LogP contribution in [0.3, 0.4) is 0 Å². The van der Waals surface area contributed by atoms with Gasteiger partial charge in [-0.25, -0.2) is 4.39 Å². The third-order valence-corrected chi connectivity index (χ3v) is 5.38. The Morgan fingerprint density at radius 3 is 2.38 bits per heavy atom. The Hall–Kier alpha value is -1.78. The fraction of sp³-hybridized carbons (Fsp3) is 0.500. The molecule has 26 heavy (non-hydrogen) atoms. The molecule has 0 saturated carbocycles. The van der Waals surface area contributed by atoms with E-state index in [4.69, 9.17) is 4.98 Å². The summed E-state index contributed by atoms with van der Waals surface area (Å²) in [6.07, 6.45) is 0.0113. The van der Waals surface area contributed by atoms with Crippen LogP contribution in [0.25, 0.3) is 0 Å². The van der Waals surface area contributed by atoms with Gasteiger partial charge in [0.25, 0.3) is 0 Å². The van der Waals surface area contributed by atoms with Crippen molar-refractivity contribution in [2.24, 2.45) is 5.41 Å². The summed E-state index contributed by atoms with van der Waals surface area (Å²) in [5.74, 6) is -0.200. The molecule has 0 amide bonds. The van der Waals surface area contributed by atoms with E-state index >= 15 is 0 Å². The molecule has 140 valence electrons. The van der Waals surface area contributed by atoms with Gasteiger partial charge in [0.2, 0.25) is 0 Å². The molecule has 1 aromatic heterocycles. The molecule has 2 atom stereocenters. The topological polar surface area (TPSA) is 53.4 Å². The SMILES string of the molecule is Cc1c2c(nc(C(C)C)c1[C@@H](O)c1ccc(F)cc1)CC(C)(C)CC2O. The van der Waals surface area contributed by atoms with Crippen molar-refractivity contribution >= 4 is 0 Å². The maximum absolute atomic E-state index is 13.3. The molecular formula is C22H28FNO2. The van der Waals surface area contributed by atoms with E-state index in [0.29, 0.717) is 12.0 Å². The number of aliphatic hydroxyl groups excluding tert-OH is 2. The van der Waals surface area contributed by atoms with Crippen LogP contribution in [0.5, 0.6) is 0 Å². The van der Waals surface area contributed by atoms with Gasteiger partial charge in [0, 0.05) is 22.5 Å². The number of aliphatic hydroxyl groups is 2. The van der Waals surface area contributed by atoms with E-state index in [1.54, 1.807) is 12.1 Å². The first kappa shape index (κ1) is 19.0. The Labute approximate surface area is 154 Å². The number of pyridine rings is 1. The van der Waals surface area contributed by atoms with E-state index in [0.717, 1.165) is 34.5 Å². The molecule has 1 heterocycles. The highest BCUT2D eigenvalue weighted by molar-refractivity contribution is 5.47. The van der Waals surface area contributed by atoms with Crippen LogP contribution in [0.2, 0.25) is 0 Å². The molecule has 0 saturated heterocycles. The quantitative estimate of drug-likeness (QED) is 0.834. The number of hydrogen-bond donors (Lipinski definition) is 2. The lowest BCUT2D eigenvalue weighted by molar-refractivity contribution is 0.0968. The van der Waals surface area contributed by atoms with Crippen molar-refractivity contribution in [3.8, 4) is 0 Å². The molecule has 0 bridgehead atoms. The van der Waals surface area contributed by atoms with E-state index in [2.05, 4.69) is 27.7 Å². The minimum atomic E-state index is -0.895. The van der Waals surface area contributed by atoms with Gasteiger partial charge in [-0.15, -0.1) is 0 Å². The lowest BCUT2D eigenvalue weighted by atomic mass is 9.72. The zero-order chi connectivity index (χ0) is 19.2. The Morgan fingerprint density at radius 1 is 1.19 bits per heavy atom. The fourth-order valence-electron chi connectivity index (χ4n) is 4.14. The van der Waals surface area contributed by atoms with E-state index in [-0.39, 0.29) is 17.2 Å². The van der Waals surface area contributed by atoms with Gasteiger partial charge < -0.3 is 10.2 Å². The maximum Gasteiger partial charge on any atom is 0.123 e. The first-order valence-corrected chi connectivity index (χ1v) is 9.25. The van der Waals surface area contributed by atoms with Crippen LogP contribution in [-0.4, -0.2) is 15.2 Å². The minimum absolute atomic E-state index is 0.00278. The Balaban J connectivity index is 2.19. The average Bonchev–Trinajstić information content (AvgIpc) is 2.52. The van der Waals surface area contributed by atoms with Crippen LogP contribution in [-0.2, 0) is 6.42 Å². The van der Waals surface area contributed by atoms with E-state index in [1.165, 1.54) is 12.1 Å². The molecule has 4 heteroatoms. The average molecular weight is 357 g/mol. The maximum atomic E-state index is 13.3. The first-order valence-electron chi connectivity index (χ1n) is 9.25. The van der Waals surface area contributed by atoms with Crippen molar-refractivity contribution in [2.75, 3.05) is 0 Å². The van der Waals surface area contributed by atoms with Crippen molar-refractivity contribution in [3.63, 3.8) is 0 Å². The number of rotatable bonds is 3. The molecule has 2 N–H and O–H groups in total. The summed E-state index contributed by atoms with van der Waals surface area (Å²) in [6.45, 7) is 10.4. The number of benzene rings is 1. The van der Waals surface area contributed by atoms with Gasteiger partial charge in [-0.2, -0.15) is 0 Å². The number of halogens is 1. The highest BCUT2D eigenvalue weighted by Crippen LogP contribution is 2.44. The van der Waals surface area contributed by atoms with Gasteiger partial charge in [-0.05, 0) is 54.4 Å². The smallest absolute Gasteiger partial charge is 0.123 e. The number of aromatic nitrogens is 1. The second kappa shape index (κ2) is 6.75.